The Balaban J connectivity index is 1.75. The SMILES string of the molecule is C=C1[C@H](O)C[C@@]2(C)CC[C@@H]3c4ccc(O)cc4CC[C@H]3[C@H]12. The minimum absolute atomic E-state index is 0.242. The quantitative estimate of drug-likeness (QED) is 0.712. The number of phenolic OH excluding ortho intramolecular Hbond substituents is 1. The average molecular weight is 284 g/mol. The van der Waals surface area contributed by atoms with Crippen molar-refractivity contribution in [3.8, 4) is 5.75 Å². The van der Waals surface area contributed by atoms with Gasteiger partial charge in [0.15, 0.2) is 0 Å². The van der Waals surface area contributed by atoms with Crippen LogP contribution in [0.1, 0.15) is 49.7 Å². The summed E-state index contributed by atoms with van der Waals surface area (Å²) in [5.74, 6) is 2.04. The van der Waals surface area contributed by atoms with Gasteiger partial charge in [-0.2, -0.15) is 0 Å². The summed E-state index contributed by atoms with van der Waals surface area (Å²) < 4.78 is 0. The lowest BCUT2D eigenvalue weighted by molar-refractivity contribution is 0.0718. The van der Waals surface area contributed by atoms with E-state index in [0.29, 0.717) is 23.5 Å². The van der Waals surface area contributed by atoms with Crippen LogP contribution in [0.15, 0.2) is 30.4 Å². The third kappa shape index (κ3) is 1.81. The second-order valence-corrected chi connectivity index (χ2v) is 7.66. The number of aryl methyl sites for hydroxylation is 1. The highest BCUT2D eigenvalue weighted by atomic mass is 16.3. The van der Waals surface area contributed by atoms with E-state index in [0.717, 1.165) is 24.8 Å². The highest BCUT2D eigenvalue weighted by molar-refractivity contribution is 5.41. The molecule has 3 aliphatic carbocycles. The normalized spacial score (nSPS) is 41.3. The molecule has 1 aromatic rings. The fraction of sp³-hybridized carbons (Fsp3) is 0.579. The lowest BCUT2D eigenvalue weighted by Gasteiger charge is -2.49. The molecule has 0 amide bonds. The van der Waals surface area contributed by atoms with E-state index in [2.05, 4.69) is 19.6 Å². The van der Waals surface area contributed by atoms with E-state index in [1.54, 1.807) is 0 Å². The van der Waals surface area contributed by atoms with Crippen molar-refractivity contribution in [1.82, 2.24) is 0 Å². The van der Waals surface area contributed by atoms with Crippen LogP contribution in [-0.4, -0.2) is 16.3 Å². The maximum Gasteiger partial charge on any atom is 0.115 e. The molecule has 2 fully saturated rings. The molecule has 0 spiro atoms. The topological polar surface area (TPSA) is 40.5 Å². The molecular weight excluding hydrogens is 260 g/mol. The van der Waals surface area contributed by atoms with Crippen LogP contribution in [0.3, 0.4) is 0 Å². The summed E-state index contributed by atoms with van der Waals surface area (Å²) in [6.07, 6.45) is 5.17. The summed E-state index contributed by atoms with van der Waals surface area (Å²) in [5.41, 5.74) is 4.07. The first kappa shape index (κ1) is 13.4. The Morgan fingerprint density at radius 3 is 2.90 bits per heavy atom. The number of rotatable bonds is 0. The van der Waals surface area contributed by atoms with Crippen molar-refractivity contribution in [3.63, 3.8) is 0 Å². The van der Waals surface area contributed by atoms with Crippen molar-refractivity contribution >= 4 is 0 Å². The van der Waals surface area contributed by atoms with E-state index in [9.17, 15) is 10.2 Å². The number of fused-ring (bicyclic) bond motifs is 5. The second-order valence-electron chi connectivity index (χ2n) is 7.66. The lowest BCUT2D eigenvalue weighted by Crippen LogP contribution is -2.40. The molecule has 2 heteroatoms. The van der Waals surface area contributed by atoms with Gasteiger partial charge in [-0.3, -0.25) is 0 Å². The molecule has 2 nitrogen and oxygen atoms in total. The van der Waals surface area contributed by atoms with Gasteiger partial charge in [-0.25, -0.2) is 0 Å². The Kier molecular flexibility index (Phi) is 2.78. The van der Waals surface area contributed by atoms with Gasteiger partial charge in [0.1, 0.15) is 5.75 Å². The van der Waals surface area contributed by atoms with Crippen LogP contribution in [-0.2, 0) is 6.42 Å². The molecule has 0 aromatic heterocycles. The summed E-state index contributed by atoms with van der Waals surface area (Å²) in [7, 11) is 0. The minimum Gasteiger partial charge on any atom is -0.508 e. The van der Waals surface area contributed by atoms with Crippen molar-refractivity contribution < 1.29 is 10.2 Å². The predicted octanol–water partition coefficient (Wildman–Crippen LogP) is 3.78. The Bertz CT molecular complexity index is 606. The molecule has 0 unspecified atom stereocenters. The van der Waals surface area contributed by atoms with Crippen molar-refractivity contribution in [3.05, 3.63) is 41.5 Å². The van der Waals surface area contributed by atoms with E-state index in [1.165, 1.54) is 24.0 Å². The zero-order valence-electron chi connectivity index (χ0n) is 12.7. The van der Waals surface area contributed by atoms with E-state index in [-0.39, 0.29) is 11.5 Å². The lowest BCUT2D eigenvalue weighted by atomic mass is 9.55. The van der Waals surface area contributed by atoms with Crippen LogP contribution in [0, 0.1) is 17.3 Å². The van der Waals surface area contributed by atoms with Gasteiger partial charge in [0.25, 0.3) is 0 Å². The molecule has 0 saturated heterocycles. The summed E-state index contributed by atoms with van der Waals surface area (Å²) in [5, 5.41) is 20.0. The van der Waals surface area contributed by atoms with Gasteiger partial charge in [-0.05, 0) is 84.1 Å². The first-order valence-corrected chi connectivity index (χ1v) is 8.18. The van der Waals surface area contributed by atoms with Gasteiger partial charge < -0.3 is 10.2 Å². The van der Waals surface area contributed by atoms with Crippen molar-refractivity contribution in [2.75, 3.05) is 0 Å². The third-order valence-electron chi connectivity index (χ3n) is 6.48. The molecule has 1 aromatic carbocycles. The third-order valence-corrected chi connectivity index (χ3v) is 6.48. The van der Waals surface area contributed by atoms with Crippen LogP contribution in [0.2, 0.25) is 0 Å². The Morgan fingerprint density at radius 2 is 2.10 bits per heavy atom. The molecule has 0 radical (unpaired) electrons. The first-order chi connectivity index (χ1) is 9.99. The molecule has 21 heavy (non-hydrogen) atoms. The highest BCUT2D eigenvalue weighted by Gasteiger charge is 2.54. The van der Waals surface area contributed by atoms with E-state index >= 15 is 0 Å². The maximum absolute atomic E-state index is 10.3. The van der Waals surface area contributed by atoms with Crippen LogP contribution in [0.25, 0.3) is 0 Å². The molecule has 4 rings (SSSR count). The van der Waals surface area contributed by atoms with Crippen LogP contribution >= 0.6 is 0 Å². The van der Waals surface area contributed by atoms with Crippen molar-refractivity contribution in [1.29, 1.82) is 0 Å². The van der Waals surface area contributed by atoms with Gasteiger partial charge in [-0.15, -0.1) is 0 Å². The summed E-state index contributed by atoms with van der Waals surface area (Å²) in [4.78, 5) is 0. The zero-order chi connectivity index (χ0) is 14.8. The number of hydrogen-bond donors (Lipinski definition) is 2. The van der Waals surface area contributed by atoms with E-state index < -0.39 is 0 Å². The standard InChI is InChI=1S/C19H24O2/c1-11-17(21)10-19(2)8-7-15-14-6-4-13(20)9-12(14)3-5-16(15)18(11)19/h4,6,9,15-18,20-21H,1,3,5,7-8,10H2,2H3/t15-,16-,17-,18+,19-/m1/s1. The minimum atomic E-state index is -0.306. The zero-order valence-corrected chi connectivity index (χ0v) is 12.7. The summed E-state index contributed by atoms with van der Waals surface area (Å²) >= 11 is 0. The number of aromatic hydroxyl groups is 1. The molecule has 5 atom stereocenters. The highest BCUT2D eigenvalue weighted by Crippen LogP contribution is 2.62. The van der Waals surface area contributed by atoms with Gasteiger partial charge >= 0.3 is 0 Å². The maximum atomic E-state index is 10.3. The fourth-order valence-electron chi connectivity index (χ4n) is 5.58. The number of hydrogen-bond acceptors (Lipinski definition) is 2. The predicted molar refractivity (Wildman–Crippen MR) is 83.3 cm³/mol. The molecule has 3 aliphatic rings. The number of phenols is 1. The molecule has 2 saturated carbocycles. The molecule has 2 N–H and O–H groups in total. The molecular formula is C19H24O2. The van der Waals surface area contributed by atoms with Crippen LogP contribution in [0.5, 0.6) is 5.75 Å². The molecule has 0 aliphatic heterocycles. The monoisotopic (exact) mass is 284 g/mol. The Morgan fingerprint density at radius 1 is 1.29 bits per heavy atom. The molecule has 112 valence electrons. The molecule has 0 bridgehead atoms. The number of aliphatic hydroxyl groups excluding tert-OH is 1. The second kappa shape index (κ2) is 4.36. The van der Waals surface area contributed by atoms with Crippen LogP contribution < -0.4 is 0 Å². The van der Waals surface area contributed by atoms with Gasteiger partial charge in [-0.1, -0.05) is 19.6 Å². The number of benzene rings is 1. The summed E-state index contributed by atoms with van der Waals surface area (Å²) in [6.45, 7) is 6.58. The van der Waals surface area contributed by atoms with Gasteiger partial charge in [0.2, 0.25) is 0 Å². The number of aliphatic hydroxyl groups is 1. The van der Waals surface area contributed by atoms with Crippen molar-refractivity contribution in [2.45, 2.75) is 51.0 Å². The van der Waals surface area contributed by atoms with E-state index in [4.69, 9.17) is 0 Å². The smallest absolute Gasteiger partial charge is 0.115 e. The van der Waals surface area contributed by atoms with Gasteiger partial charge in [0, 0.05) is 0 Å². The largest absolute Gasteiger partial charge is 0.508 e. The van der Waals surface area contributed by atoms with E-state index in [1.807, 2.05) is 12.1 Å². The van der Waals surface area contributed by atoms with Gasteiger partial charge in [0.05, 0.1) is 6.10 Å². The summed E-state index contributed by atoms with van der Waals surface area (Å²) in [6, 6.07) is 5.89. The van der Waals surface area contributed by atoms with Crippen LogP contribution in [0.4, 0.5) is 0 Å². The Labute approximate surface area is 126 Å². The average Bonchev–Trinajstić information content (AvgIpc) is 2.68. The molecule has 0 heterocycles. The fourth-order valence-corrected chi connectivity index (χ4v) is 5.58. The Hall–Kier alpha value is -1.28. The first-order valence-electron chi connectivity index (χ1n) is 8.18. The van der Waals surface area contributed by atoms with Crippen molar-refractivity contribution in [2.24, 2.45) is 17.3 Å².